The van der Waals surface area contributed by atoms with Gasteiger partial charge >= 0.3 is 0 Å². The van der Waals surface area contributed by atoms with Gasteiger partial charge in [-0.1, -0.05) is 37.6 Å². The topological polar surface area (TPSA) is 46.2 Å². The Bertz CT molecular complexity index is 342. The first-order valence-electron chi connectivity index (χ1n) is 5.13. The van der Waals surface area contributed by atoms with Crippen molar-refractivity contribution < 1.29 is 5.11 Å². The summed E-state index contributed by atoms with van der Waals surface area (Å²) in [5.41, 5.74) is 7.85. The van der Waals surface area contributed by atoms with E-state index in [1.807, 2.05) is 39.0 Å². The maximum atomic E-state index is 9.84. The molecule has 4 heteroatoms. The molecule has 0 unspecified atom stereocenters. The molecular weight excluding hydrogens is 245 g/mol. The van der Waals surface area contributed by atoms with Crippen molar-refractivity contribution >= 4 is 24.0 Å². The molecule has 0 aromatic heterocycles. The van der Waals surface area contributed by atoms with Gasteiger partial charge in [0.25, 0.3) is 0 Å². The molecule has 0 saturated carbocycles. The molecule has 92 valence electrons. The maximum Gasteiger partial charge on any atom is 0.0755 e. The van der Waals surface area contributed by atoms with Crippen molar-refractivity contribution in [3.8, 4) is 0 Å². The third-order valence-electron chi connectivity index (χ3n) is 2.63. The summed E-state index contributed by atoms with van der Waals surface area (Å²) >= 11 is 6.00. The highest BCUT2D eigenvalue weighted by atomic mass is 35.5. The van der Waals surface area contributed by atoms with Gasteiger partial charge in [0, 0.05) is 5.02 Å². The lowest BCUT2D eigenvalue weighted by Gasteiger charge is -2.22. The van der Waals surface area contributed by atoms with E-state index in [1.165, 1.54) is 0 Å². The highest BCUT2D eigenvalue weighted by molar-refractivity contribution is 6.31. The van der Waals surface area contributed by atoms with Crippen LogP contribution < -0.4 is 5.73 Å². The quantitative estimate of drug-likeness (QED) is 0.881. The van der Waals surface area contributed by atoms with Gasteiger partial charge in [-0.25, -0.2) is 0 Å². The number of rotatable bonds is 3. The minimum Gasteiger partial charge on any atom is -0.391 e. The van der Waals surface area contributed by atoms with Crippen molar-refractivity contribution in [2.24, 2.45) is 11.7 Å². The van der Waals surface area contributed by atoms with Crippen LogP contribution in [-0.4, -0.2) is 11.2 Å². The Balaban J connectivity index is 0.00000225. The van der Waals surface area contributed by atoms with Crippen molar-refractivity contribution in [3.63, 3.8) is 0 Å². The number of benzene rings is 1. The van der Waals surface area contributed by atoms with Crippen LogP contribution in [0, 0.1) is 12.8 Å². The Hall–Kier alpha value is -0.280. The summed E-state index contributed by atoms with van der Waals surface area (Å²) in [5, 5.41) is 10.5. The molecule has 1 aromatic rings. The molecule has 1 rings (SSSR count). The second-order valence-corrected chi connectivity index (χ2v) is 4.68. The molecule has 16 heavy (non-hydrogen) atoms. The molecule has 2 nitrogen and oxygen atoms in total. The fraction of sp³-hybridized carbons (Fsp3) is 0.500. The smallest absolute Gasteiger partial charge is 0.0755 e. The zero-order valence-corrected chi connectivity index (χ0v) is 11.3. The number of hydrogen-bond donors (Lipinski definition) is 2. The maximum absolute atomic E-state index is 9.84. The van der Waals surface area contributed by atoms with Crippen LogP contribution in [0.25, 0.3) is 0 Å². The zero-order chi connectivity index (χ0) is 11.6. The lowest BCUT2D eigenvalue weighted by Crippen LogP contribution is -2.30. The summed E-state index contributed by atoms with van der Waals surface area (Å²) in [7, 11) is 0. The second kappa shape index (κ2) is 6.45. The molecule has 3 N–H and O–H groups in total. The van der Waals surface area contributed by atoms with Crippen LogP contribution in [0.15, 0.2) is 18.2 Å². The molecular formula is C12H19Cl2NO. The van der Waals surface area contributed by atoms with E-state index in [0.717, 1.165) is 11.1 Å². The number of hydrogen-bond acceptors (Lipinski definition) is 2. The minimum atomic E-state index is -0.538. The Morgan fingerprint density at radius 2 is 1.88 bits per heavy atom. The van der Waals surface area contributed by atoms with Gasteiger partial charge in [-0.05, 0) is 30.0 Å². The fourth-order valence-electron chi connectivity index (χ4n) is 1.43. The van der Waals surface area contributed by atoms with Gasteiger partial charge in [-0.15, -0.1) is 12.4 Å². The van der Waals surface area contributed by atoms with Crippen molar-refractivity contribution in [2.45, 2.75) is 32.9 Å². The van der Waals surface area contributed by atoms with Crippen LogP contribution in [0.2, 0.25) is 5.02 Å². The highest BCUT2D eigenvalue weighted by Crippen LogP contribution is 2.24. The van der Waals surface area contributed by atoms with Crippen LogP contribution in [0.3, 0.4) is 0 Å². The number of halogens is 2. The van der Waals surface area contributed by atoms with Gasteiger partial charge < -0.3 is 10.8 Å². The molecule has 0 saturated heterocycles. The van der Waals surface area contributed by atoms with Crippen molar-refractivity contribution in [1.82, 2.24) is 0 Å². The number of nitrogens with two attached hydrogens (primary N) is 1. The lowest BCUT2D eigenvalue weighted by atomic mass is 9.94. The summed E-state index contributed by atoms with van der Waals surface area (Å²) in [6, 6.07) is 5.29. The third kappa shape index (κ3) is 3.63. The first kappa shape index (κ1) is 15.7. The van der Waals surface area contributed by atoms with E-state index >= 15 is 0 Å². The average Bonchev–Trinajstić information content (AvgIpc) is 2.19. The van der Waals surface area contributed by atoms with Crippen LogP contribution in [0.1, 0.15) is 31.0 Å². The minimum absolute atomic E-state index is 0. The Labute approximate surface area is 108 Å². The van der Waals surface area contributed by atoms with Crippen molar-refractivity contribution in [1.29, 1.82) is 0 Å². The Kier molecular flexibility index (Phi) is 6.34. The van der Waals surface area contributed by atoms with E-state index < -0.39 is 6.10 Å². The monoisotopic (exact) mass is 263 g/mol. The zero-order valence-electron chi connectivity index (χ0n) is 9.77. The molecule has 0 aliphatic heterocycles. The molecule has 0 heterocycles. The fourth-order valence-corrected chi connectivity index (χ4v) is 1.62. The van der Waals surface area contributed by atoms with Gasteiger partial charge in [0.15, 0.2) is 0 Å². The van der Waals surface area contributed by atoms with Gasteiger partial charge in [-0.2, -0.15) is 0 Å². The van der Waals surface area contributed by atoms with E-state index in [2.05, 4.69) is 0 Å². The molecule has 0 aliphatic carbocycles. The number of aryl methyl sites for hydroxylation is 1. The van der Waals surface area contributed by atoms with Crippen molar-refractivity contribution in [2.75, 3.05) is 0 Å². The van der Waals surface area contributed by atoms with Gasteiger partial charge in [-0.3, -0.25) is 0 Å². The van der Waals surface area contributed by atoms with Crippen LogP contribution in [-0.2, 0) is 0 Å². The first-order chi connectivity index (χ1) is 6.93. The molecule has 0 bridgehead atoms. The largest absolute Gasteiger partial charge is 0.391 e. The van der Waals surface area contributed by atoms with E-state index in [0.29, 0.717) is 5.02 Å². The van der Waals surface area contributed by atoms with Crippen molar-refractivity contribution in [3.05, 3.63) is 34.3 Å². The predicted molar refractivity (Wildman–Crippen MR) is 71.2 cm³/mol. The molecule has 2 atom stereocenters. The normalized spacial score (nSPS) is 14.4. The number of aliphatic hydroxyl groups excluding tert-OH is 1. The SMILES string of the molecule is Cc1ccc([C@H](N)[C@H](O)C(C)C)cc1Cl.Cl. The molecule has 0 spiro atoms. The number of aliphatic hydroxyl groups is 1. The standard InChI is InChI=1S/C12H18ClNO.ClH/c1-7(2)12(15)11(14)9-5-4-8(3)10(13)6-9;/h4-7,11-12,15H,14H2,1-3H3;1H/t11-,12+;/m0./s1. The summed E-state index contributed by atoms with van der Waals surface area (Å²) in [5.74, 6) is 0.139. The molecule has 1 aromatic carbocycles. The van der Waals surface area contributed by atoms with E-state index in [4.69, 9.17) is 17.3 Å². The summed E-state index contributed by atoms with van der Waals surface area (Å²) in [4.78, 5) is 0. The van der Waals surface area contributed by atoms with Crippen LogP contribution >= 0.6 is 24.0 Å². The van der Waals surface area contributed by atoms with Crippen LogP contribution in [0.4, 0.5) is 0 Å². The molecule has 0 radical (unpaired) electrons. The average molecular weight is 264 g/mol. The summed E-state index contributed by atoms with van der Waals surface area (Å²) in [6.45, 7) is 5.83. The molecule has 0 aliphatic rings. The molecule has 0 amide bonds. The predicted octanol–water partition coefficient (Wildman–Crippen LogP) is 3.09. The summed E-state index contributed by atoms with van der Waals surface area (Å²) < 4.78 is 0. The Morgan fingerprint density at radius 3 is 2.31 bits per heavy atom. The third-order valence-corrected chi connectivity index (χ3v) is 3.04. The molecule has 0 fully saturated rings. The highest BCUT2D eigenvalue weighted by Gasteiger charge is 2.20. The summed E-state index contributed by atoms with van der Waals surface area (Å²) in [6.07, 6.45) is -0.538. The van der Waals surface area contributed by atoms with Gasteiger partial charge in [0.1, 0.15) is 0 Å². The first-order valence-corrected chi connectivity index (χ1v) is 5.51. The van der Waals surface area contributed by atoms with Gasteiger partial charge in [0.2, 0.25) is 0 Å². The van der Waals surface area contributed by atoms with Crippen LogP contribution in [0.5, 0.6) is 0 Å². The lowest BCUT2D eigenvalue weighted by molar-refractivity contribution is 0.0979. The van der Waals surface area contributed by atoms with E-state index in [-0.39, 0.29) is 24.4 Å². The van der Waals surface area contributed by atoms with E-state index in [1.54, 1.807) is 0 Å². The Morgan fingerprint density at radius 1 is 1.31 bits per heavy atom. The second-order valence-electron chi connectivity index (χ2n) is 4.27. The van der Waals surface area contributed by atoms with Gasteiger partial charge in [0.05, 0.1) is 12.1 Å². The van der Waals surface area contributed by atoms with E-state index in [9.17, 15) is 5.11 Å².